The fourth-order valence-electron chi connectivity index (χ4n) is 1.77. The van der Waals surface area contributed by atoms with Crippen molar-refractivity contribution in [1.82, 2.24) is 0 Å². The zero-order valence-electron chi connectivity index (χ0n) is 11.0. The van der Waals surface area contributed by atoms with Gasteiger partial charge in [0.2, 0.25) is 0 Å². The molecule has 0 aliphatic rings. The predicted octanol–water partition coefficient (Wildman–Crippen LogP) is 4.41. The Kier molecular flexibility index (Phi) is 5.45. The van der Waals surface area contributed by atoms with E-state index in [1.165, 1.54) is 6.92 Å². The minimum absolute atomic E-state index is 0.0352. The van der Waals surface area contributed by atoms with E-state index in [2.05, 4.69) is 5.32 Å². The fraction of sp³-hybridized carbons (Fsp3) is 0.500. The van der Waals surface area contributed by atoms with Crippen LogP contribution < -0.4 is 5.32 Å². The van der Waals surface area contributed by atoms with Crippen LogP contribution in [0.1, 0.15) is 26.2 Å². The summed E-state index contributed by atoms with van der Waals surface area (Å²) in [4.78, 5) is 9.78. The first-order chi connectivity index (χ1) is 9.60. The quantitative estimate of drug-likeness (QED) is 0.481. The summed E-state index contributed by atoms with van der Waals surface area (Å²) in [5.41, 5.74) is -1.32. The molecule has 1 aromatic rings. The van der Waals surface area contributed by atoms with Crippen molar-refractivity contribution in [2.45, 2.75) is 38.4 Å². The van der Waals surface area contributed by atoms with Gasteiger partial charge in [-0.25, -0.2) is 8.78 Å². The van der Waals surface area contributed by atoms with E-state index < -0.39 is 46.6 Å². The molecule has 0 saturated heterocycles. The van der Waals surface area contributed by atoms with Crippen LogP contribution in [0.2, 0.25) is 0 Å². The average molecular weight is 312 g/mol. The number of halogens is 5. The van der Waals surface area contributed by atoms with Crippen molar-refractivity contribution in [1.29, 1.82) is 0 Å². The lowest BCUT2D eigenvalue weighted by molar-refractivity contribution is -0.384. The van der Waals surface area contributed by atoms with E-state index in [1.807, 2.05) is 0 Å². The number of nitro groups is 1. The number of anilines is 1. The molecule has 118 valence electrons. The summed E-state index contributed by atoms with van der Waals surface area (Å²) in [6, 6.07) is 0.386. The van der Waals surface area contributed by atoms with E-state index in [1.54, 1.807) is 0 Å². The fourth-order valence-corrected chi connectivity index (χ4v) is 1.77. The zero-order chi connectivity index (χ0) is 16.2. The molecular formula is C12H13F5N2O2. The maximum atomic E-state index is 13.6. The monoisotopic (exact) mass is 312 g/mol. The minimum atomic E-state index is -4.28. The maximum absolute atomic E-state index is 13.6. The van der Waals surface area contributed by atoms with Gasteiger partial charge in [-0.2, -0.15) is 13.2 Å². The van der Waals surface area contributed by atoms with Crippen molar-refractivity contribution in [2.75, 3.05) is 5.32 Å². The van der Waals surface area contributed by atoms with Crippen molar-refractivity contribution < 1.29 is 26.9 Å². The van der Waals surface area contributed by atoms with Gasteiger partial charge < -0.3 is 5.32 Å². The van der Waals surface area contributed by atoms with Crippen LogP contribution in [-0.2, 0) is 0 Å². The molecule has 1 unspecified atom stereocenters. The normalized spacial score (nSPS) is 13.0. The lowest BCUT2D eigenvalue weighted by atomic mass is 10.1. The molecule has 0 heterocycles. The Labute approximate surface area is 117 Å². The third kappa shape index (κ3) is 5.52. The van der Waals surface area contributed by atoms with Crippen molar-refractivity contribution in [3.8, 4) is 0 Å². The van der Waals surface area contributed by atoms with E-state index in [9.17, 15) is 32.1 Å². The van der Waals surface area contributed by atoms with Crippen LogP contribution in [0.25, 0.3) is 0 Å². The number of nitrogens with one attached hydrogen (secondary N) is 1. The highest BCUT2D eigenvalue weighted by Crippen LogP contribution is 2.30. The zero-order valence-corrected chi connectivity index (χ0v) is 11.0. The van der Waals surface area contributed by atoms with E-state index in [4.69, 9.17) is 0 Å². The lowest BCUT2D eigenvalue weighted by Crippen LogP contribution is -2.18. The summed E-state index contributed by atoms with van der Waals surface area (Å²) < 4.78 is 62.5. The summed E-state index contributed by atoms with van der Waals surface area (Å²) >= 11 is 0. The third-order valence-electron chi connectivity index (χ3n) is 2.72. The van der Waals surface area contributed by atoms with Crippen LogP contribution in [0.4, 0.5) is 33.3 Å². The Morgan fingerprint density at radius 3 is 2.48 bits per heavy atom. The molecule has 0 aliphatic heterocycles. The molecule has 21 heavy (non-hydrogen) atoms. The van der Waals surface area contributed by atoms with Crippen molar-refractivity contribution in [3.63, 3.8) is 0 Å². The molecule has 0 aromatic heterocycles. The number of alkyl halides is 3. The summed E-state index contributed by atoms with van der Waals surface area (Å²) in [7, 11) is 0. The molecule has 0 fully saturated rings. The number of nitrogens with zero attached hydrogens (tertiary/aromatic N) is 1. The Hall–Kier alpha value is -1.93. The van der Waals surface area contributed by atoms with Gasteiger partial charge in [0.05, 0.1) is 11.0 Å². The second-order valence-electron chi connectivity index (χ2n) is 4.59. The maximum Gasteiger partial charge on any atom is 0.389 e. The highest BCUT2D eigenvalue weighted by Gasteiger charge is 2.27. The third-order valence-corrected chi connectivity index (χ3v) is 2.72. The van der Waals surface area contributed by atoms with Crippen LogP contribution in [0.15, 0.2) is 12.1 Å². The van der Waals surface area contributed by atoms with Crippen LogP contribution in [0.3, 0.4) is 0 Å². The number of benzene rings is 1. The Bertz CT molecular complexity index is 519. The highest BCUT2D eigenvalue weighted by atomic mass is 19.4. The largest absolute Gasteiger partial charge is 0.389 e. The predicted molar refractivity (Wildman–Crippen MR) is 66.0 cm³/mol. The molecule has 1 aromatic carbocycles. The molecule has 1 N–H and O–H groups in total. The van der Waals surface area contributed by atoms with Gasteiger partial charge >= 0.3 is 6.18 Å². The number of hydrogen-bond donors (Lipinski definition) is 1. The standard InChI is InChI=1S/C12H13F5N2O2/c1-7(3-2-4-12(15,16)17)18-11-9(14)5-8(13)6-10(11)19(20)21/h5-7,18H,2-4H2,1H3. The van der Waals surface area contributed by atoms with Gasteiger partial charge in [0, 0.05) is 18.5 Å². The van der Waals surface area contributed by atoms with E-state index >= 15 is 0 Å². The van der Waals surface area contributed by atoms with E-state index in [-0.39, 0.29) is 12.8 Å². The van der Waals surface area contributed by atoms with Gasteiger partial charge in [-0.1, -0.05) is 0 Å². The van der Waals surface area contributed by atoms with E-state index in [0.717, 1.165) is 0 Å². The van der Waals surface area contributed by atoms with Crippen LogP contribution in [-0.4, -0.2) is 17.1 Å². The minimum Gasteiger partial charge on any atom is -0.375 e. The summed E-state index contributed by atoms with van der Waals surface area (Å²) in [6.07, 6.45) is -5.44. The molecule has 0 radical (unpaired) electrons. The van der Waals surface area contributed by atoms with Crippen molar-refractivity contribution >= 4 is 11.4 Å². The molecule has 0 spiro atoms. The van der Waals surface area contributed by atoms with Crippen LogP contribution >= 0.6 is 0 Å². The first kappa shape index (κ1) is 17.1. The molecule has 0 amide bonds. The molecule has 4 nitrogen and oxygen atoms in total. The average Bonchev–Trinajstić information content (AvgIpc) is 2.30. The molecule has 1 rings (SSSR count). The van der Waals surface area contributed by atoms with Crippen molar-refractivity contribution in [3.05, 3.63) is 33.9 Å². The molecule has 0 bridgehead atoms. The van der Waals surface area contributed by atoms with E-state index in [0.29, 0.717) is 12.1 Å². The Morgan fingerprint density at radius 1 is 1.33 bits per heavy atom. The second kappa shape index (κ2) is 6.68. The molecule has 0 saturated carbocycles. The molecule has 9 heteroatoms. The van der Waals surface area contributed by atoms with Gasteiger partial charge in [0.1, 0.15) is 11.5 Å². The Morgan fingerprint density at radius 2 is 1.95 bits per heavy atom. The van der Waals surface area contributed by atoms with Gasteiger partial charge in [-0.3, -0.25) is 10.1 Å². The topological polar surface area (TPSA) is 55.2 Å². The number of nitro benzene ring substituents is 1. The lowest BCUT2D eigenvalue weighted by Gasteiger charge is -2.16. The molecule has 0 aliphatic carbocycles. The summed E-state index contributed by atoms with van der Waals surface area (Å²) in [5, 5.41) is 13.2. The van der Waals surface area contributed by atoms with Crippen LogP contribution in [0, 0.1) is 21.7 Å². The SMILES string of the molecule is CC(CCCC(F)(F)F)Nc1c(F)cc(F)cc1[N+](=O)[O-]. The Balaban J connectivity index is 2.76. The summed E-state index contributed by atoms with van der Waals surface area (Å²) in [5.74, 6) is -2.26. The van der Waals surface area contributed by atoms with Gasteiger partial charge in [0.15, 0.2) is 5.82 Å². The highest BCUT2D eigenvalue weighted by molar-refractivity contribution is 5.62. The van der Waals surface area contributed by atoms with Crippen LogP contribution in [0.5, 0.6) is 0 Å². The molecular weight excluding hydrogens is 299 g/mol. The first-order valence-corrected chi connectivity index (χ1v) is 6.07. The summed E-state index contributed by atoms with van der Waals surface area (Å²) in [6.45, 7) is 1.46. The van der Waals surface area contributed by atoms with Gasteiger partial charge in [-0.05, 0) is 19.8 Å². The first-order valence-electron chi connectivity index (χ1n) is 6.07. The van der Waals surface area contributed by atoms with Gasteiger partial charge in [0.25, 0.3) is 5.69 Å². The van der Waals surface area contributed by atoms with Gasteiger partial charge in [-0.15, -0.1) is 0 Å². The smallest absolute Gasteiger partial charge is 0.375 e. The van der Waals surface area contributed by atoms with Crippen molar-refractivity contribution in [2.24, 2.45) is 0 Å². The number of rotatable bonds is 6. The molecule has 1 atom stereocenters. The number of hydrogen-bond acceptors (Lipinski definition) is 3. The second-order valence-corrected chi connectivity index (χ2v) is 4.59.